The molecule has 3 aromatic rings. The quantitative estimate of drug-likeness (QED) is 0.758. The van der Waals surface area contributed by atoms with Crippen LogP contribution in [0.1, 0.15) is 42.0 Å². The van der Waals surface area contributed by atoms with Crippen LogP contribution in [0.25, 0.3) is 10.8 Å². The lowest BCUT2D eigenvalue weighted by Crippen LogP contribution is -2.29. The second-order valence-electron chi connectivity index (χ2n) is 6.42. The fraction of sp³-hybridized carbons (Fsp3) is 0.333. The molecule has 134 valence electrons. The molecule has 1 aromatic heterocycles. The summed E-state index contributed by atoms with van der Waals surface area (Å²) >= 11 is 5.99. The Kier molecular flexibility index (Phi) is 3.82. The van der Waals surface area contributed by atoms with Crippen molar-refractivity contribution in [3.05, 3.63) is 75.2 Å². The van der Waals surface area contributed by atoms with Gasteiger partial charge in [-0.1, -0.05) is 41.9 Å². The van der Waals surface area contributed by atoms with Gasteiger partial charge in [0.15, 0.2) is 0 Å². The van der Waals surface area contributed by atoms with E-state index in [1.165, 1.54) is 4.68 Å². The number of aromatic nitrogens is 2. The SMILES string of the molecule is [2H]C1([2H])CCC(n2nc(Cc3ccc(Cl)cc3)c3ccccc3c2=O)CC([2H])([2H])N1. The Morgan fingerprint density at radius 3 is 2.69 bits per heavy atom. The fourth-order valence-electron chi connectivity index (χ4n) is 3.29. The van der Waals surface area contributed by atoms with E-state index in [2.05, 4.69) is 10.4 Å². The normalized spacial score (nSPS) is 24.1. The van der Waals surface area contributed by atoms with E-state index in [-0.39, 0.29) is 18.4 Å². The molecule has 4 rings (SSSR count). The van der Waals surface area contributed by atoms with Gasteiger partial charge in [-0.3, -0.25) is 4.79 Å². The molecule has 2 heterocycles. The van der Waals surface area contributed by atoms with Gasteiger partial charge in [0, 0.05) is 22.3 Å². The number of halogens is 1. The Morgan fingerprint density at radius 1 is 1.12 bits per heavy atom. The maximum absolute atomic E-state index is 13.2. The van der Waals surface area contributed by atoms with Crippen molar-refractivity contribution in [1.82, 2.24) is 15.1 Å². The minimum atomic E-state index is -1.95. The van der Waals surface area contributed by atoms with Crippen molar-refractivity contribution >= 4 is 22.4 Å². The van der Waals surface area contributed by atoms with Crippen LogP contribution in [0.15, 0.2) is 53.3 Å². The van der Waals surface area contributed by atoms with E-state index in [0.29, 0.717) is 28.9 Å². The Balaban J connectivity index is 1.81. The van der Waals surface area contributed by atoms with Gasteiger partial charge in [-0.25, -0.2) is 4.68 Å². The Morgan fingerprint density at radius 2 is 1.88 bits per heavy atom. The van der Waals surface area contributed by atoms with Gasteiger partial charge in [0.1, 0.15) is 0 Å². The van der Waals surface area contributed by atoms with E-state index >= 15 is 0 Å². The van der Waals surface area contributed by atoms with Crippen molar-refractivity contribution in [3.8, 4) is 0 Å². The maximum Gasteiger partial charge on any atom is 0.274 e. The van der Waals surface area contributed by atoms with Crippen LogP contribution in [0.4, 0.5) is 0 Å². The van der Waals surface area contributed by atoms with Crippen molar-refractivity contribution in [3.63, 3.8) is 0 Å². The molecule has 1 saturated heterocycles. The molecular formula is C21H22ClN3O. The van der Waals surface area contributed by atoms with Crippen LogP contribution >= 0.6 is 11.6 Å². The van der Waals surface area contributed by atoms with E-state index in [1.54, 1.807) is 12.1 Å². The third kappa shape index (κ3) is 3.53. The van der Waals surface area contributed by atoms with Crippen LogP contribution in [-0.4, -0.2) is 22.8 Å². The van der Waals surface area contributed by atoms with E-state index in [0.717, 1.165) is 10.9 Å². The van der Waals surface area contributed by atoms with Gasteiger partial charge in [-0.05, 0) is 56.0 Å². The number of rotatable bonds is 3. The largest absolute Gasteiger partial charge is 0.317 e. The molecule has 26 heavy (non-hydrogen) atoms. The van der Waals surface area contributed by atoms with Crippen LogP contribution in [0, 0.1) is 0 Å². The molecule has 0 aliphatic carbocycles. The van der Waals surface area contributed by atoms with E-state index in [1.807, 2.05) is 36.4 Å². The highest BCUT2D eigenvalue weighted by atomic mass is 35.5. The van der Waals surface area contributed by atoms with Gasteiger partial charge in [0.2, 0.25) is 0 Å². The highest BCUT2D eigenvalue weighted by Gasteiger charge is 2.19. The molecule has 1 fully saturated rings. The standard InChI is InChI=1S/C21H22ClN3O/c22-16-9-7-15(8-10-16)14-20-18-5-1-2-6-19(18)21(26)25(24-20)17-4-3-12-23-13-11-17/h1-2,5-10,17,23H,3-4,11-14H2/i12D2,13D2. The molecule has 0 bridgehead atoms. The Bertz CT molecular complexity index is 1130. The number of nitrogens with zero attached hydrogens (tertiary/aromatic N) is 2. The highest BCUT2D eigenvalue weighted by Crippen LogP contribution is 2.22. The summed E-state index contributed by atoms with van der Waals surface area (Å²) in [5, 5.41) is 9.00. The third-order valence-corrected chi connectivity index (χ3v) is 4.90. The monoisotopic (exact) mass is 371 g/mol. The van der Waals surface area contributed by atoms with Gasteiger partial charge in [-0.2, -0.15) is 5.10 Å². The fourth-order valence-corrected chi connectivity index (χ4v) is 3.42. The summed E-state index contributed by atoms with van der Waals surface area (Å²) in [7, 11) is 0. The predicted octanol–water partition coefficient (Wildman–Crippen LogP) is 3.96. The van der Waals surface area contributed by atoms with E-state index < -0.39 is 19.0 Å². The first-order chi connectivity index (χ1) is 14.1. The minimum absolute atomic E-state index is 0.0435. The summed E-state index contributed by atoms with van der Waals surface area (Å²) in [6.45, 7) is -3.79. The first kappa shape index (κ1) is 13.1. The molecule has 1 aliphatic heterocycles. The van der Waals surface area contributed by atoms with E-state index in [4.69, 9.17) is 17.1 Å². The van der Waals surface area contributed by atoms with Gasteiger partial charge >= 0.3 is 0 Å². The maximum atomic E-state index is 13.2. The molecule has 0 saturated carbocycles. The van der Waals surface area contributed by atoms with E-state index in [9.17, 15) is 4.79 Å². The average Bonchev–Trinajstić information content (AvgIpc) is 2.79. The summed E-state index contributed by atoms with van der Waals surface area (Å²) in [6, 6.07) is 14.2. The van der Waals surface area contributed by atoms with Crippen LogP contribution in [0.3, 0.4) is 0 Å². The summed E-state index contributed by atoms with van der Waals surface area (Å²) in [5.74, 6) is 0. The third-order valence-electron chi connectivity index (χ3n) is 4.65. The molecule has 5 heteroatoms. The van der Waals surface area contributed by atoms with Crippen molar-refractivity contribution in [1.29, 1.82) is 0 Å². The lowest BCUT2D eigenvalue weighted by molar-refractivity contribution is 0.395. The molecule has 1 N–H and O–H groups in total. The smallest absolute Gasteiger partial charge is 0.274 e. The Labute approximate surface area is 163 Å². The molecular weight excluding hydrogens is 346 g/mol. The van der Waals surface area contributed by atoms with Crippen LogP contribution in [0.2, 0.25) is 5.02 Å². The number of nitrogens with one attached hydrogen (secondary N) is 1. The molecule has 0 radical (unpaired) electrons. The average molecular weight is 372 g/mol. The second kappa shape index (κ2) is 7.60. The summed E-state index contributed by atoms with van der Waals surface area (Å²) in [6.07, 6.45) is 0.852. The van der Waals surface area contributed by atoms with Crippen molar-refractivity contribution in [2.75, 3.05) is 13.0 Å². The van der Waals surface area contributed by atoms with Gasteiger partial charge in [0.25, 0.3) is 5.56 Å². The van der Waals surface area contributed by atoms with Crippen LogP contribution < -0.4 is 10.9 Å². The van der Waals surface area contributed by atoms with Gasteiger partial charge in [-0.15, -0.1) is 0 Å². The zero-order valence-corrected chi connectivity index (χ0v) is 15.0. The topological polar surface area (TPSA) is 46.9 Å². The summed E-state index contributed by atoms with van der Waals surface area (Å²) in [5.41, 5.74) is 1.43. The summed E-state index contributed by atoms with van der Waals surface area (Å²) < 4.78 is 33.6. The van der Waals surface area contributed by atoms with Gasteiger partial charge < -0.3 is 5.32 Å². The zero-order valence-electron chi connectivity index (χ0n) is 18.2. The minimum Gasteiger partial charge on any atom is -0.317 e. The van der Waals surface area contributed by atoms with Gasteiger partial charge in [0.05, 0.1) is 17.1 Å². The first-order valence-corrected chi connectivity index (χ1v) is 9.06. The number of hydrogen-bond acceptors (Lipinski definition) is 3. The molecule has 0 amide bonds. The van der Waals surface area contributed by atoms with Crippen molar-refractivity contribution in [2.24, 2.45) is 0 Å². The first-order valence-electron chi connectivity index (χ1n) is 10.7. The molecule has 1 unspecified atom stereocenters. The number of hydrogen-bond donors (Lipinski definition) is 1. The molecule has 1 aliphatic rings. The number of fused-ring (bicyclic) bond motifs is 1. The zero-order chi connectivity index (χ0) is 21.5. The lowest BCUT2D eigenvalue weighted by atomic mass is 10.0. The highest BCUT2D eigenvalue weighted by molar-refractivity contribution is 6.30. The summed E-state index contributed by atoms with van der Waals surface area (Å²) in [4.78, 5) is 13.2. The Hall–Kier alpha value is -2.17. The van der Waals surface area contributed by atoms with Crippen molar-refractivity contribution in [2.45, 2.75) is 31.7 Å². The van der Waals surface area contributed by atoms with Crippen LogP contribution in [-0.2, 0) is 6.42 Å². The molecule has 0 spiro atoms. The van der Waals surface area contributed by atoms with Crippen molar-refractivity contribution < 1.29 is 5.48 Å². The lowest BCUT2D eigenvalue weighted by Gasteiger charge is -2.18. The predicted molar refractivity (Wildman–Crippen MR) is 106 cm³/mol. The molecule has 4 nitrogen and oxygen atoms in total. The molecule has 1 atom stereocenters. The molecule has 2 aromatic carbocycles. The van der Waals surface area contributed by atoms with Crippen LogP contribution in [0.5, 0.6) is 0 Å². The number of benzene rings is 2. The second-order valence-corrected chi connectivity index (χ2v) is 6.86.